The molecule has 0 saturated carbocycles. The summed E-state index contributed by atoms with van der Waals surface area (Å²) in [5.41, 5.74) is 1.41. The third-order valence-corrected chi connectivity index (χ3v) is 3.15. The van der Waals surface area contributed by atoms with Crippen LogP contribution in [0.2, 0.25) is 0 Å². The Morgan fingerprint density at radius 3 is 1.85 bits per heavy atom. The molecule has 108 valence electrons. The second-order valence-corrected chi connectivity index (χ2v) is 4.45. The van der Waals surface area contributed by atoms with Crippen molar-refractivity contribution in [2.75, 3.05) is 0 Å². The van der Waals surface area contributed by atoms with Crippen LogP contribution >= 0.6 is 0 Å². The summed E-state index contributed by atoms with van der Waals surface area (Å²) < 4.78 is 0. The number of carbonyl (C=O) groups is 3. The van der Waals surface area contributed by atoms with Gasteiger partial charge in [0.2, 0.25) is 0 Å². The summed E-state index contributed by atoms with van der Waals surface area (Å²) in [5, 5.41) is 26.9. The highest BCUT2D eigenvalue weighted by Gasteiger charge is 2.37. The summed E-state index contributed by atoms with van der Waals surface area (Å²) >= 11 is 0. The second-order valence-electron chi connectivity index (χ2n) is 4.45. The van der Waals surface area contributed by atoms with Crippen LogP contribution in [0.15, 0.2) is 24.3 Å². The standard InChI is InChI=1S/C14H16O6/c1-2-8-3-5-9(6-4-8)10(7-11(15)16)12(13(17)18)14(19)20/h3-6,10,12H,2,7H2,1H3,(H,15,16)(H,17,18)(H,19,20). The molecule has 6 nitrogen and oxygen atoms in total. The number of hydrogen-bond donors (Lipinski definition) is 3. The van der Waals surface area contributed by atoms with E-state index in [0.29, 0.717) is 5.56 Å². The van der Waals surface area contributed by atoms with Crippen molar-refractivity contribution >= 4 is 17.9 Å². The van der Waals surface area contributed by atoms with Gasteiger partial charge in [-0.25, -0.2) is 0 Å². The minimum absolute atomic E-state index is 0.402. The molecule has 0 aliphatic carbocycles. The van der Waals surface area contributed by atoms with Gasteiger partial charge < -0.3 is 15.3 Å². The quantitative estimate of drug-likeness (QED) is 0.654. The van der Waals surface area contributed by atoms with Crippen molar-refractivity contribution in [3.63, 3.8) is 0 Å². The highest BCUT2D eigenvalue weighted by molar-refractivity contribution is 5.94. The van der Waals surface area contributed by atoms with Gasteiger partial charge in [-0.05, 0) is 17.5 Å². The van der Waals surface area contributed by atoms with Gasteiger partial charge in [0, 0.05) is 5.92 Å². The molecule has 0 radical (unpaired) electrons. The van der Waals surface area contributed by atoms with E-state index < -0.39 is 36.2 Å². The molecule has 20 heavy (non-hydrogen) atoms. The molecule has 0 fully saturated rings. The number of hydrogen-bond acceptors (Lipinski definition) is 3. The first-order valence-electron chi connectivity index (χ1n) is 6.13. The molecule has 0 spiro atoms. The maximum Gasteiger partial charge on any atom is 0.318 e. The summed E-state index contributed by atoms with van der Waals surface area (Å²) in [5.74, 6) is -7.19. The molecule has 0 aromatic heterocycles. The van der Waals surface area contributed by atoms with Crippen LogP contribution < -0.4 is 0 Å². The normalized spacial score (nSPS) is 12.1. The number of rotatable bonds is 7. The van der Waals surface area contributed by atoms with Crippen molar-refractivity contribution in [1.82, 2.24) is 0 Å². The number of aliphatic carboxylic acids is 3. The molecule has 0 aliphatic heterocycles. The molecule has 1 unspecified atom stereocenters. The lowest BCUT2D eigenvalue weighted by atomic mass is 9.83. The van der Waals surface area contributed by atoms with E-state index >= 15 is 0 Å². The predicted octanol–water partition coefficient (Wildman–Crippen LogP) is 1.59. The van der Waals surface area contributed by atoms with Gasteiger partial charge in [0.05, 0.1) is 6.42 Å². The fraction of sp³-hybridized carbons (Fsp3) is 0.357. The first kappa shape index (κ1) is 15.7. The van der Waals surface area contributed by atoms with E-state index in [1.54, 1.807) is 24.3 Å². The highest BCUT2D eigenvalue weighted by atomic mass is 16.4. The van der Waals surface area contributed by atoms with E-state index in [4.69, 9.17) is 15.3 Å². The summed E-state index contributed by atoms with van der Waals surface area (Å²) in [6, 6.07) is 6.66. The Bertz CT molecular complexity index is 491. The summed E-state index contributed by atoms with van der Waals surface area (Å²) in [6.45, 7) is 1.95. The van der Waals surface area contributed by atoms with Gasteiger partial charge in [-0.1, -0.05) is 31.2 Å². The molecule has 1 aromatic carbocycles. The Morgan fingerprint density at radius 2 is 1.50 bits per heavy atom. The molecule has 0 amide bonds. The predicted molar refractivity (Wildman–Crippen MR) is 69.6 cm³/mol. The molecule has 3 N–H and O–H groups in total. The van der Waals surface area contributed by atoms with Gasteiger partial charge in [0.25, 0.3) is 0 Å². The molecule has 0 saturated heterocycles. The van der Waals surface area contributed by atoms with Gasteiger partial charge in [-0.15, -0.1) is 0 Å². The molecule has 1 rings (SSSR count). The SMILES string of the molecule is CCc1ccc(C(CC(=O)O)C(C(=O)O)C(=O)O)cc1. The average molecular weight is 280 g/mol. The lowest BCUT2D eigenvalue weighted by Gasteiger charge is -2.20. The number of aryl methyl sites for hydroxylation is 1. The maximum absolute atomic E-state index is 11.1. The zero-order chi connectivity index (χ0) is 15.3. The van der Waals surface area contributed by atoms with E-state index in [1.165, 1.54) is 0 Å². The third kappa shape index (κ3) is 3.81. The van der Waals surface area contributed by atoms with Crippen LogP contribution in [0.3, 0.4) is 0 Å². The Labute approximate surface area is 115 Å². The summed E-state index contributed by atoms with van der Waals surface area (Å²) in [7, 11) is 0. The van der Waals surface area contributed by atoms with E-state index in [0.717, 1.165) is 12.0 Å². The van der Waals surface area contributed by atoms with Gasteiger partial charge in [0.1, 0.15) is 0 Å². The van der Waals surface area contributed by atoms with E-state index in [9.17, 15) is 14.4 Å². The number of benzene rings is 1. The minimum atomic E-state index is -1.78. The van der Waals surface area contributed by atoms with Crippen molar-refractivity contribution < 1.29 is 29.7 Å². The van der Waals surface area contributed by atoms with Crippen LogP contribution in [-0.4, -0.2) is 33.2 Å². The van der Waals surface area contributed by atoms with Crippen LogP contribution in [0, 0.1) is 5.92 Å². The van der Waals surface area contributed by atoms with Crippen molar-refractivity contribution in [2.24, 2.45) is 5.92 Å². The molecule has 1 atom stereocenters. The van der Waals surface area contributed by atoms with Crippen LogP contribution in [0.5, 0.6) is 0 Å². The molecule has 0 heterocycles. The largest absolute Gasteiger partial charge is 0.481 e. The van der Waals surface area contributed by atoms with Crippen molar-refractivity contribution in [1.29, 1.82) is 0 Å². The minimum Gasteiger partial charge on any atom is -0.481 e. The molecular formula is C14H16O6. The van der Waals surface area contributed by atoms with Crippen LogP contribution in [-0.2, 0) is 20.8 Å². The molecular weight excluding hydrogens is 264 g/mol. The molecule has 0 aliphatic rings. The molecule has 0 bridgehead atoms. The van der Waals surface area contributed by atoms with Crippen LogP contribution in [0.25, 0.3) is 0 Å². The van der Waals surface area contributed by atoms with E-state index in [-0.39, 0.29) is 0 Å². The summed E-state index contributed by atoms with van der Waals surface area (Å²) in [6.07, 6.45) is 0.236. The monoisotopic (exact) mass is 280 g/mol. The second kappa shape index (κ2) is 6.70. The highest BCUT2D eigenvalue weighted by Crippen LogP contribution is 2.29. The first-order chi connectivity index (χ1) is 9.36. The fourth-order valence-corrected chi connectivity index (χ4v) is 2.07. The van der Waals surface area contributed by atoms with Crippen molar-refractivity contribution in [3.8, 4) is 0 Å². The zero-order valence-electron chi connectivity index (χ0n) is 10.9. The lowest BCUT2D eigenvalue weighted by Crippen LogP contribution is -2.31. The molecule has 1 aromatic rings. The van der Waals surface area contributed by atoms with Crippen molar-refractivity contribution in [3.05, 3.63) is 35.4 Å². The van der Waals surface area contributed by atoms with E-state index in [2.05, 4.69) is 0 Å². The van der Waals surface area contributed by atoms with Gasteiger partial charge >= 0.3 is 17.9 Å². The Balaban J connectivity index is 3.18. The zero-order valence-corrected chi connectivity index (χ0v) is 10.9. The average Bonchev–Trinajstić information content (AvgIpc) is 2.36. The fourth-order valence-electron chi connectivity index (χ4n) is 2.07. The van der Waals surface area contributed by atoms with Gasteiger partial charge in [0.15, 0.2) is 5.92 Å². The Hall–Kier alpha value is -2.37. The van der Waals surface area contributed by atoms with Crippen LogP contribution in [0.4, 0.5) is 0 Å². The summed E-state index contributed by atoms with van der Waals surface area (Å²) in [4.78, 5) is 33.0. The van der Waals surface area contributed by atoms with Gasteiger partial charge in [-0.3, -0.25) is 14.4 Å². The Morgan fingerprint density at radius 1 is 1.00 bits per heavy atom. The topological polar surface area (TPSA) is 112 Å². The molecule has 6 heteroatoms. The maximum atomic E-state index is 11.1. The van der Waals surface area contributed by atoms with Crippen molar-refractivity contribution in [2.45, 2.75) is 25.7 Å². The lowest BCUT2D eigenvalue weighted by molar-refractivity contribution is -0.156. The van der Waals surface area contributed by atoms with Gasteiger partial charge in [-0.2, -0.15) is 0 Å². The third-order valence-electron chi connectivity index (χ3n) is 3.15. The van der Waals surface area contributed by atoms with Crippen LogP contribution in [0.1, 0.15) is 30.4 Å². The smallest absolute Gasteiger partial charge is 0.318 e. The Kier molecular flexibility index (Phi) is 5.25. The number of carboxylic acid groups (broad SMARTS) is 3. The van der Waals surface area contributed by atoms with E-state index in [1.807, 2.05) is 6.92 Å². The number of carboxylic acids is 3. The first-order valence-corrected chi connectivity index (χ1v) is 6.13.